The molecule has 0 spiro atoms. The van der Waals surface area contributed by atoms with Crippen molar-refractivity contribution in [2.45, 2.75) is 31.7 Å². The lowest BCUT2D eigenvalue weighted by molar-refractivity contribution is 0.422. The van der Waals surface area contributed by atoms with Crippen molar-refractivity contribution in [2.75, 3.05) is 0 Å². The molecular weight excluding hydrogens is 98.1 g/mol. The van der Waals surface area contributed by atoms with Gasteiger partial charge in [0.25, 0.3) is 0 Å². The van der Waals surface area contributed by atoms with Gasteiger partial charge in [0.05, 0.1) is 0 Å². The molecule has 3 atom stereocenters. The van der Waals surface area contributed by atoms with Crippen LogP contribution in [0.5, 0.6) is 0 Å². The molecule has 2 N–H and O–H groups in total. The SMILES string of the molecule is NC1CC[C@H]2C[C@H]2C1. The molecule has 0 aromatic rings. The standard InChI is InChI=1S/C7H13N/c8-7-2-1-5-3-6(5)4-7/h5-7H,1-4,8H2/t5-,6-,7?/m0/s1. The minimum atomic E-state index is 0.554. The summed E-state index contributed by atoms with van der Waals surface area (Å²) in [6.07, 6.45) is 5.53. The van der Waals surface area contributed by atoms with Gasteiger partial charge in [-0.15, -0.1) is 0 Å². The van der Waals surface area contributed by atoms with Crippen LogP contribution < -0.4 is 5.73 Å². The lowest BCUT2D eigenvalue weighted by Gasteiger charge is -2.15. The van der Waals surface area contributed by atoms with Crippen molar-refractivity contribution in [3.8, 4) is 0 Å². The van der Waals surface area contributed by atoms with E-state index in [1.165, 1.54) is 25.7 Å². The molecule has 8 heavy (non-hydrogen) atoms. The Morgan fingerprint density at radius 3 is 2.50 bits per heavy atom. The van der Waals surface area contributed by atoms with Gasteiger partial charge in [0.15, 0.2) is 0 Å². The predicted molar refractivity (Wildman–Crippen MR) is 33.4 cm³/mol. The van der Waals surface area contributed by atoms with E-state index >= 15 is 0 Å². The third-order valence-corrected chi connectivity index (χ3v) is 2.58. The largest absolute Gasteiger partial charge is 0.328 e. The summed E-state index contributed by atoms with van der Waals surface area (Å²) in [7, 11) is 0. The average molecular weight is 111 g/mol. The van der Waals surface area contributed by atoms with Gasteiger partial charge in [0.1, 0.15) is 0 Å². The Bertz CT molecular complexity index is 101. The molecule has 0 heterocycles. The number of nitrogens with two attached hydrogens (primary N) is 1. The Morgan fingerprint density at radius 2 is 1.88 bits per heavy atom. The first kappa shape index (κ1) is 4.80. The van der Waals surface area contributed by atoms with Crippen LogP contribution in [0.25, 0.3) is 0 Å². The highest BCUT2D eigenvalue weighted by atomic mass is 14.7. The lowest BCUT2D eigenvalue weighted by atomic mass is 9.97. The van der Waals surface area contributed by atoms with Gasteiger partial charge < -0.3 is 5.73 Å². The lowest BCUT2D eigenvalue weighted by Crippen LogP contribution is -2.23. The number of rotatable bonds is 0. The molecule has 0 radical (unpaired) electrons. The molecule has 1 unspecified atom stereocenters. The Kier molecular flexibility index (Phi) is 0.884. The van der Waals surface area contributed by atoms with Crippen LogP contribution in [-0.4, -0.2) is 6.04 Å². The second-order valence-electron chi connectivity index (χ2n) is 3.33. The Labute approximate surface area is 50.3 Å². The van der Waals surface area contributed by atoms with E-state index in [9.17, 15) is 0 Å². The quantitative estimate of drug-likeness (QED) is 0.498. The highest BCUT2D eigenvalue weighted by Crippen LogP contribution is 2.48. The molecular formula is C7H13N. The van der Waals surface area contributed by atoms with E-state index in [-0.39, 0.29) is 0 Å². The smallest absolute Gasteiger partial charge is 0.00416 e. The average Bonchev–Trinajstić information content (AvgIpc) is 2.43. The molecule has 2 fully saturated rings. The van der Waals surface area contributed by atoms with Crippen molar-refractivity contribution >= 4 is 0 Å². The van der Waals surface area contributed by atoms with E-state index in [4.69, 9.17) is 5.73 Å². The Balaban J connectivity index is 1.93. The van der Waals surface area contributed by atoms with Crippen LogP contribution in [0.4, 0.5) is 0 Å². The predicted octanol–water partition coefficient (Wildman–Crippen LogP) is 1.13. The van der Waals surface area contributed by atoms with Crippen LogP contribution in [0, 0.1) is 11.8 Å². The van der Waals surface area contributed by atoms with Crippen LogP contribution >= 0.6 is 0 Å². The first-order valence-electron chi connectivity index (χ1n) is 3.62. The normalized spacial score (nSPS) is 52.9. The third kappa shape index (κ3) is 0.655. The van der Waals surface area contributed by atoms with Gasteiger partial charge in [-0.1, -0.05) is 0 Å². The third-order valence-electron chi connectivity index (χ3n) is 2.58. The Hall–Kier alpha value is -0.0400. The zero-order valence-electron chi connectivity index (χ0n) is 5.14. The van der Waals surface area contributed by atoms with Crippen LogP contribution in [-0.2, 0) is 0 Å². The summed E-state index contributed by atoms with van der Waals surface area (Å²) in [5.41, 5.74) is 5.75. The fourth-order valence-electron chi connectivity index (χ4n) is 1.89. The van der Waals surface area contributed by atoms with Crippen molar-refractivity contribution in [3.63, 3.8) is 0 Å². The van der Waals surface area contributed by atoms with Gasteiger partial charge in [0.2, 0.25) is 0 Å². The topological polar surface area (TPSA) is 26.0 Å². The van der Waals surface area contributed by atoms with Crippen molar-refractivity contribution in [3.05, 3.63) is 0 Å². The number of fused-ring (bicyclic) bond motifs is 1. The first-order chi connectivity index (χ1) is 3.86. The van der Waals surface area contributed by atoms with Gasteiger partial charge in [-0.25, -0.2) is 0 Å². The van der Waals surface area contributed by atoms with Crippen molar-refractivity contribution in [1.82, 2.24) is 0 Å². The highest BCUT2D eigenvalue weighted by molar-refractivity contribution is 4.93. The van der Waals surface area contributed by atoms with Crippen LogP contribution in [0.2, 0.25) is 0 Å². The fourth-order valence-corrected chi connectivity index (χ4v) is 1.89. The molecule has 2 aliphatic rings. The maximum absolute atomic E-state index is 5.75. The summed E-state index contributed by atoms with van der Waals surface area (Å²) in [5.74, 6) is 2.16. The minimum absolute atomic E-state index is 0.554. The molecule has 0 bridgehead atoms. The van der Waals surface area contributed by atoms with E-state index in [1.807, 2.05) is 0 Å². The van der Waals surface area contributed by atoms with E-state index in [0.717, 1.165) is 11.8 Å². The van der Waals surface area contributed by atoms with Crippen molar-refractivity contribution in [2.24, 2.45) is 17.6 Å². The van der Waals surface area contributed by atoms with Crippen LogP contribution in [0.1, 0.15) is 25.7 Å². The molecule has 2 rings (SSSR count). The second-order valence-corrected chi connectivity index (χ2v) is 3.33. The molecule has 2 aliphatic carbocycles. The molecule has 0 amide bonds. The highest BCUT2D eigenvalue weighted by Gasteiger charge is 2.40. The van der Waals surface area contributed by atoms with Gasteiger partial charge in [-0.2, -0.15) is 0 Å². The van der Waals surface area contributed by atoms with Gasteiger partial charge in [-0.05, 0) is 37.5 Å². The molecule has 0 aromatic carbocycles. The van der Waals surface area contributed by atoms with E-state index < -0.39 is 0 Å². The van der Waals surface area contributed by atoms with Gasteiger partial charge >= 0.3 is 0 Å². The maximum atomic E-state index is 5.75. The summed E-state index contributed by atoms with van der Waals surface area (Å²) in [4.78, 5) is 0. The van der Waals surface area contributed by atoms with Crippen LogP contribution in [0.3, 0.4) is 0 Å². The summed E-state index contributed by atoms with van der Waals surface area (Å²) >= 11 is 0. The van der Waals surface area contributed by atoms with E-state index in [1.54, 1.807) is 0 Å². The Morgan fingerprint density at radius 1 is 1.00 bits per heavy atom. The van der Waals surface area contributed by atoms with Gasteiger partial charge in [-0.3, -0.25) is 0 Å². The molecule has 46 valence electrons. The number of hydrogen-bond donors (Lipinski definition) is 1. The monoisotopic (exact) mass is 111 g/mol. The molecule has 2 saturated carbocycles. The van der Waals surface area contributed by atoms with E-state index in [2.05, 4.69) is 0 Å². The second kappa shape index (κ2) is 1.47. The fraction of sp³-hybridized carbons (Fsp3) is 1.00. The molecule has 0 aromatic heterocycles. The summed E-state index contributed by atoms with van der Waals surface area (Å²) in [5, 5.41) is 0. The summed E-state index contributed by atoms with van der Waals surface area (Å²) in [6.45, 7) is 0. The van der Waals surface area contributed by atoms with Crippen LogP contribution in [0.15, 0.2) is 0 Å². The molecule has 1 nitrogen and oxygen atoms in total. The molecule has 0 aliphatic heterocycles. The van der Waals surface area contributed by atoms with Crippen molar-refractivity contribution in [1.29, 1.82) is 0 Å². The number of hydrogen-bond acceptors (Lipinski definition) is 1. The zero-order chi connectivity index (χ0) is 5.56. The maximum Gasteiger partial charge on any atom is 0.00416 e. The minimum Gasteiger partial charge on any atom is -0.328 e. The summed E-state index contributed by atoms with van der Waals surface area (Å²) < 4.78 is 0. The van der Waals surface area contributed by atoms with E-state index in [0.29, 0.717) is 6.04 Å². The molecule has 0 saturated heterocycles. The molecule has 1 heteroatoms. The first-order valence-corrected chi connectivity index (χ1v) is 3.62. The van der Waals surface area contributed by atoms with Gasteiger partial charge in [0, 0.05) is 6.04 Å². The summed E-state index contributed by atoms with van der Waals surface area (Å²) in [6, 6.07) is 0.554. The van der Waals surface area contributed by atoms with Crippen molar-refractivity contribution < 1.29 is 0 Å². The zero-order valence-corrected chi connectivity index (χ0v) is 5.14.